The summed E-state index contributed by atoms with van der Waals surface area (Å²) in [6.07, 6.45) is 5.89. The summed E-state index contributed by atoms with van der Waals surface area (Å²) in [5.74, 6) is 3.36. The standard InChI is InChI=1S/C18H22N2O2S/c1-22-17-7-3-2-5-16(17)6-4-9-19-18-13-15(8-10-20-18)14-23-12-11-21/h2-8,10,13,21H,9,11-12,14H2,1H3,(H,19,20)/b6-4+. The molecule has 1 heterocycles. The Morgan fingerprint density at radius 1 is 1.30 bits per heavy atom. The number of thioether (sulfide) groups is 1. The molecule has 2 rings (SSSR count). The highest BCUT2D eigenvalue weighted by atomic mass is 32.2. The van der Waals surface area contributed by atoms with Crippen LogP contribution in [0.3, 0.4) is 0 Å². The third-order valence-corrected chi connectivity index (χ3v) is 4.17. The molecule has 0 spiro atoms. The second-order valence-corrected chi connectivity index (χ2v) is 5.96. The zero-order valence-electron chi connectivity index (χ0n) is 13.2. The molecule has 0 bridgehead atoms. The number of aromatic nitrogens is 1. The summed E-state index contributed by atoms with van der Waals surface area (Å²) in [7, 11) is 1.68. The van der Waals surface area contributed by atoms with Gasteiger partial charge in [-0.15, -0.1) is 0 Å². The first-order valence-corrected chi connectivity index (χ1v) is 8.66. The number of hydrogen-bond acceptors (Lipinski definition) is 5. The Balaban J connectivity index is 1.86. The summed E-state index contributed by atoms with van der Waals surface area (Å²) < 4.78 is 5.32. The Labute approximate surface area is 141 Å². The van der Waals surface area contributed by atoms with E-state index in [9.17, 15) is 0 Å². The number of benzene rings is 1. The smallest absolute Gasteiger partial charge is 0.126 e. The van der Waals surface area contributed by atoms with Crippen LogP contribution >= 0.6 is 11.8 Å². The molecule has 2 N–H and O–H groups in total. The van der Waals surface area contributed by atoms with Crippen LogP contribution in [0.2, 0.25) is 0 Å². The van der Waals surface area contributed by atoms with Crippen LogP contribution in [0.1, 0.15) is 11.1 Å². The zero-order chi connectivity index (χ0) is 16.3. The van der Waals surface area contributed by atoms with Crippen LogP contribution in [0, 0.1) is 0 Å². The minimum absolute atomic E-state index is 0.217. The van der Waals surface area contributed by atoms with Gasteiger partial charge in [0.05, 0.1) is 13.7 Å². The molecule has 23 heavy (non-hydrogen) atoms. The van der Waals surface area contributed by atoms with E-state index in [2.05, 4.69) is 10.3 Å². The molecule has 0 radical (unpaired) electrons. The van der Waals surface area contributed by atoms with Crippen molar-refractivity contribution in [3.8, 4) is 5.75 Å². The highest BCUT2D eigenvalue weighted by Gasteiger charge is 1.98. The SMILES string of the molecule is COc1ccccc1/C=C/CNc1cc(CSCCO)ccn1. The van der Waals surface area contributed by atoms with E-state index in [1.807, 2.05) is 48.6 Å². The second kappa shape index (κ2) is 9.92. The molecule has 2 aromatic rings. The molecular weight excluding hydrogens is 308 g/mol. The van der Waals surface area contributed by atoms with Gasteiger partial charge in [-0.2, -0.15) is 11.8 Å². The van der Waals surface area contributed by atoms with Gasteiger partial charge in [-0.3, -0.25) is 0 Å². The highest BCUT2D eigenvalue weighted by molar-refractivity contribution is 7.98. The van der Waals surface area contributed by atoms with Gasteiger partial charge >= 0.3 is 0 Å². The third kappa shape index (κ3) is 5.96. The van der Waals surface area contributed by atoms with Gasteiger partial charge in [0.2, 0.25) is 0 Å². The van der Waals surface area contributed by atoms with Crippen LogP contribution < -0.4 is 10.1 Å². The van der Waals surface area contributed by atoms with E-state index >= 15 is 0 Å². The van der Waals surface area contributed by atoms with Crippen molar-refractivity contribution in [1.82, 2.24) is 4.98 Å². The summed E-state index contributed by atoms with van der Waals surface area (Å²) in [6.45, 7) is 0.910. The summed E-state index contributed by atoms with van der Waals surface area (Å²) in [5.41, 5.74) is 2.26. The number of anilines is 1. The summed E-state index contributed by atoms with van der Waals surface area (Å²) in [5, 5.41) is 12.1. The fraction of sp³-hybridized carbons (Fsp3) is 0.278. The number of pyridine rings is 1. The molecule has 1 aromatic carbocycles. The molecule has 0 aliphatic carbocycles. The lowest BCUT2D eigenvalue weighted by atomic mass is 10.2. The van der Waals surface area contributed by atoms with E-state index in [4.69, 9.17) is 9.84 Å². The van der Waals surface area contributed by atoms with Crippen molar-refractivity contribution >= 4 is 23.7 Å². The Morgan fingerprint density at radius 2 is 2.17 bits per heavy atom. The van der Waals surface area contributed by atoms with Crippen molar-refractivity contribution in [1.29, 1.82) is 0 Å². The molecule has 0 fully saturated rings. The van der Waals surface area contributed by atoms with E-state index in [1.165, 1.54) is 5.56 Å². The maximum Gasteiger partial charge on any atom is 0.126 e. The molecule has 0 atom stereocenters. The molecule has 0 aliphatic heterocycles. The molecule has 5 heteroatoms. The summed E-state index contributed by atoms with van der Waals surface area (Å²) >= 11 is 1.71. The fourth-order valence-corrected chi connectivity index (χ4v) is 2.76. The number of para-hydroxylation sites is 1. The largest absolute Gasteiger partial charge is 0.496 e. The number of hydrogen-bond donors (Lipinski definition) is 2. The number of ether oxygens (including phenoxy) is 1. The van der Waals surface area contributed by atoms with E-state index in [0.717, 1.165) is 28.6 Å². The van der Waals surface area contributed by atoms with Crippen LogP contribution in [-0.2, 0) is 5.75 Å². The quantitative estimate of drug-likeness (QED) is 0.690. The van der Waals surface area contributed by atoms with Gasteiger partial charge in [-0.05, 0) is 23.8 Å². The molecule has 0 unspecified atom stereocenters. The van der Waals surface area contributed by atoms with Crippen LogP contribution in [0.15, 0.2) is 48.7 Å². The monoisotopic (exact) mass is 330 g/mol. The van der Waals surface area contributed by atoms with Gasteiger partial charge in [0.1, 0.15) is 11.6 Å². The first-order valence-electron chi connectivity index (χ1n) is 7.50. The number of nitrogens with one attached hydrogen (secondary N) is 1. The lowest BCUT2D eigenvalue weighted by Gasteiger charge is -2.06. The first-order chi connectivity index (χ1) is 11.3. The predicted octanol–water partition coefficient (Wildman–Crippen LogP) is 3.44. The third-order valence-electron chi connectivity index (χ3n) is 3.17. The van der Waals surface area contributed by atoms with Gasteiger partial charge < -0.3 is 15.2 Å². The van der Waals surface area contributed by atoms with Crippen molar-refractivity contribution in [2.45, 2.75) is 5.75 Å². The van der Waals surface area contributed by atoms with Crippen molar-refractivity contribution in [3.05, 3.63) is 59.8 Å². The van der Waals surface area contributed by atoms with Gasteiger partial charge in [-0.25, -0.2) is 4.98 Å². The minimum atomic E-state index is 0.217. The lowest BCUT2D eigenvalue weighted by Crippen LogP contribution is -2.01. The molecular formula is C18H22N2O2S. The van der Waals surface area contributed by atoms with Crippen LogP contribution in [-0.4, -0.2) is 36.1 Å². The molecule has 0 aliphatic rings. The second-order valence-electron chi connectivity index (χ2n) is 4.85. The van der Waals surface area contributed by atoms with Crippen LogP contribution in [0.5, 0.6) is 5.75 Å². The van der Waals surface area contributed by atoms with Gasteiger partial charge in [0.25, 0.3) is 0 Å². The summed E-state index contributed by atoms with van der Waals surface area (Å²) in [6, 6.07) is 12.0. The average molecular weight is 330 g/mol. The Morgan fingerprint density at radius 3 is 3.00 bits per heavy atom. The van der Waals surface area contributed by atoms with Gasteiger partial charge in [-0.1, -0.05) is 30.4 Å². The number of methoxy groups -OCH3 is 1. The molecule has 1 aromatic heterocycles. The van der Waals surface area contributed by atoms with Gasteiger partial charge in [0.15, 0.2) is 0 Å². The maximum absolute atomic E-state index is 8.81. The molecule has 0 saturated carbocycles. The Hall–Kier alpha value is -1.98. The molecule has 122 valence electrons. The zero-order valence-corrected chi connectivity index (χ0v) is 14.1. The van der Waals surface area contributed by atoms with Crippen molar-refractivity contribution in [2.75, 3.05) is 31.3 Å². The van der Waals surface area contributed by atoms with Crippen LogP contribution in [0.25, 0.3) is 6.08 Å². The number of rotatable bonds is 9. The van der Waals surface area contributed by atoms with E-state index in [-0.39, 0.29) is 6.61 Å². The topological polar surface area (TPSA) is 54.4 Å². The van der Waals surface area contributed by atoms with E-state index in [0.29, 0.717) is 6.54 Å². The minimum Gasteiger partial charge on any atom is -0.496 e. The van der Waals surface area contributed by atoms with Crippen molar-refractivity contribution < 1.29 is 9.84 Å². The normalized spacial score (nSPS) is 10.9. The maximum atomic E-state index is 8.81. The van der Waals surface area contributed by atoms with Crippen LogP contribution in [0.4, 0.5) is 5.82 Å². The summed E-state index contributed by atoms with van der Waals surface area (Å²) in [4.78, 5) is 4.32. The van der Waals surface area contributed by atoms with Gasteiger partial charge in [0, 0.05) is 29.8 Å². The predicted molar refractivity (Wildman–Crippen MR) is 98.0 cm³/mol. The Kier molecular flexibility index (Phi) is 7.49. The Bertz CT molecular complexity index is 632. The first kappa shape index (κ1) is 17.4. The number of aliphatic hydroxyl groups is 1. The number of aliphatic hydroxyl groups excluding tert-OH is 1. The van der Waals surface area contributed by atoms with Crippen molar-refractivity contribution in [2.24, 2.45) is 0 Å². The number of nitrogens with zero attached hydrogens (tertiary/aromatic N) is 1. The van der Waals surface area contributed by atoms with Crippen molar-refractivity contribution in [3.63, 3.8) is 0 Å². The molecule has 4 nitrogen and oxygen atoms in total. The molecule has 0 amide bonds. The fourth-order valence-electron chi connectivity index (χ4n) is 2.07. The van der Waals surface area contributed by atoms with E-state index < -0.39 is 0 Å². The highest BCUT2D eigenvalue weighted by Crippen LogP contribution is 2.18. The van der Waals surface area contributed by atoms with E-state index in [1.54, 1.807) is 25.1 Å². The average Bonchev–Trinajstić information content (AvgIpc) is 2.60. The lowest BCUT2D eigenvalue weighted by molar-refractivity contribution is 0.322. The molecule has 0 saturated heterocycles.